The van der Waals surface area contributed by atoms with E-state index >= 15 is 0 Å². The van der Waals surface area contributed by atoms with Crippen LogP contribution in [0.5, 0.6) is 0 Å². The molecule has 3 nitrogen and oxygen atoms in total. The standard InChI is InChI=1S/C15H13ClF2N2O/c16-13-7-12(18)5-6-14(13)19-9-15(21)20-8-10-1-3-11(17)4-2-10/h1-7,19H,8-9H2,(H,20,21). The molecular weight excluding hydrogens is 298 g/mol. The predicted molar refractivity (Wildman–Crippen MR) is 78.1 cm³/mol. The Balaban J connectivity index is 1.80. The molecule has 2 aromatic rings. The minimum atomic E-state index is -0.439. The van der Waals surface area contributed by atoms with Crippen molar-refractivity contribution in [2.75, 3.05) is 11.9 Å². The molecule has 0 saturated carbocycles. The fourth-order valence-electron chi connectivity index (χ4n) is 1.67. The van der Waals surface area contributed by atoms with Crippen molar-refractivity contribution in [1.29, 1.82) is 0 Å². The van der Waals surface area contributed by atoms with E-state index in [1.807, 2.05) is 0 Å². The summed E-state index contributed by atoms with van der Waals surface area (Å²) in [5, 5.41) is 5.70. The highest BCUT2D eigenvalue weighted by atomic mass is 35.5. The summed E-state index contributed by atoms with van der Waals surface area (Å²) in [6, 6.07) is 9.74. The first-order chi connectivity index (χ1) is 10.0. The highest BCUT2D eigenvalue weighted by Gasteiger charge is 2.05. The van der Waals surface area contributed by atoms with Crippen molar-refractivity contribution >= 4 is 23.2 Å². The molecule has 0 atom stereocenters. The zero-order valence-electron chi connectivity index (χ0n) is 11.0. The van der Waals surface area contributed by atoms with Gasteiger partial charge in [0.1, 0.15) is 11.6 Å². The molecule has 110 valence electrons. The van der Waals surface area contributed by atoms with Gasteiger partial charge >= 0.3 is 0 Å². The summed E-state index contributed by atoms with van der Waals surface area (Å²) in [6.07, 6.45) is 0. The molecule has 2 N–H and O–H groups in total. The molecule has 0 aromatic heterocycles. The summed E-state index contributed by atoms with van der Waals surface area (Å²) in [5.41, 5.74) is 1.28. The van der Waals surface area contributed by atoms with Crippen molar-refractivity contribution < 1.29 is 13.6 Å². The fourth-order valence-corrected chi connectivity index (χ4v) is 1.91. The fraction of sp³-hybridized carbons (Fsp3) is 0.133. The molecule has 2 rings (SSSR count). The van der Waals surface area contributed by atoms with E-state index in [1.54, 1.807) is 12.1 Å². The maximum absolute atomic E-state index is 12.9. The maximum Gasteiger partial charge on any atom is 0.239 e. The molecule has 0 spiro atoms. The lowest BCUT2D eigenvalue weighted by Gasteiger charge is -2.09. The van der Waals surface area contributed by atoms with Gasteiger partial charge in [0.05, 0.1) is 17.3 Å². The number of hydrogen-bond acceptors (Lipinski definition) is 2. The van der Waals surface area contributed by atoms with Gasteiger partial charge in [-0.2, -0.15) is 0 Å². The number of benzene rings is 2. The van der Waals surface area contributed by atoms with Crippen LogP contribution in [0.4, 0.5) is 14.5 Å². The third-order valence-corrected chi connectivity index (χ3v) is 3.09. The van der Waals surface area contributed by atoms with Crippen LogP contribution in [0.3, 0.4) is 0 Å². The van der Waals surface area contributed by atoms with Gasteiger partial charge in [-0.1, -0.05) is 23.7 Å². The van der Waals surface area contributed by atoms with Gasteiger partial charge in [-0.3, -0.25) is 4.79 Å². The second-order valence-corrected chi connectivity index (χ2v) is 4.79. The van der Waals surface area contributed by atoms with Crippen molar-refractivity contribution in [2.45, 2.75) is 6.54 Å². The Hall–Kier alpha value is -2.14. The van der Waals surface area contributed by atoms with Crippen LogP contribution in [-0.2, 0) is 11.3 Å². The van der Waals surface area contributed by atoms with E-state index in [9.17, 15) is 13.6 Å². The number of halogens is 3. The van der Waals surface area contributed by atoms with Crippen molar-refractivity contribution in [2.24, 2.45) is 0 Å². The number of carbonyl (C=O) groups is 1. The van der Waals surface area contributed by atoms with E-state index in [1.165, 1.54) is 30.3 Å². The van der Waals surface area contributed by atoms with Gasteiger partial charge in [0.2, 0.25) is 5.91 Å². The summed E-state index contributed by atoms with van der Waals surface area (Å²) in [6.45, 7) is 0.310. The van der Waals surface area contributed by atoms with Crippen LogP contribution >= 0.6 is 11.6 Å². The van der Waals surface area contributed by atoms with Crippen LogP contribution in [0.1, 0.15) is 5.56 Å². The third-order valence-electron chi connectivity index (χ3n) is 2.77. The van der Waals surface area contributed by atoms with Crippen molar-refractivity contribution in [3.05, 3.63) is 64.7 Å². The maximum atomic E-state index is 12.9. The largest absolute Gasteiger partial charge is 0.375 e. The normalized spacial score (nSPS) is 10.2. The first-order valence-corrected chi connectivity index (χ1v) is 6.62. The van der Waals surface area contributed by atoms with Gasteiger partial charge in [-0.25, -0.2) is 8.78 Å². The highest BCUT2D eigenvalue weighted by molar-refractivity contribution is 6.33. The lowest BCUT2D eigenvalue weighted by atomic mass is 10.2. The molecule has 0 unspecified atom stereocenters. The Labute approximate surface area is 125 Å². The van der Waals surface area contributed by atoms with Gasteiger partial charge in [0.15, 0.2) is 0 Å². The number of amides is 1. The monoisotopic (exact) mass is 310 g/mol. The average molecular weight is 311 g/mol. The van der Waals surface area contributed by atoms with Gasteiger partial charge in [-0.15, -0.1) is 0 Å². The Morgan fingerprint density at radius 1 is 1.05 bits per heavy atom. The quantitative estimate of drug-likeness (QED) is 0.889. The third kappa shape index (κ3) is 4.72. The Morgan fingerprint density at radius 2 is 1.71 bits per heavy atom. The number of carbonyl (C=O) groups excluding carboxylic acids is 1. The van der Waals surface area contributed by atoms with E-state index < -0.39 is 5.82 Å². The first kappa shape index (κ1) is 15.3. The highest BCUT2D eigenvalue weighted by Crippen LogP contribution is 2.21. The molecule has 0 fully saturated rings. The SMILES string of the molecule is O=C(CNc1ccc(F)cc1Cl)NCc1ccc(F)cc1. The Kier molecular flexibility index (Phi) is 5.11. The second-order valence-electron chi connectivity index (χ2n) is 4.38. The minimum Gasteiger partial charge on any atom is -0.375 e. The molecule has 0 radical (unpaired) electrons. The van der Waals surface area contributed by atoms with Crippen LogP contribution in [-0.4, -0.2) is 12.5 Å². The van der Waals surface area contributed by atoms with Crippen molar-refractivity contribution in [3.8, 4) is 0 Å². The topological polar surface area (TPSA) is 41.1 Å². The zero-order chi connectivity index (χ0) is 15.2. The van der Waals surface area contributed by atoms with E-state index in [2.05, 4.69) is 10.6 Å². The molecule has 2 aromatic carbocycles. The van der Waals surface area contributed by atoms with Crippen molar-refractivity contribution in [1.82, 2.24) is 5.32 Å². The van der Waals surface area contributed by atoms with Gasteiger partial charge < -0.3 is 10.6 Å². The Bertz CT molecular complexity index is 632. The molecule has 0 aliphatic carbocycles. The van der Waals surface area contributed by atoms with Gasteiger partial charge in [0.25, 0.3) is 0 Å². The van der Waals surface area contributed by atoms with Gasteiger partial charge in [-0.05, 0) is 35.9 Å². The average Bonchev–Trinajstić information content (AvgIpc) is 2.46. The number of nitrogens with one attached hydrogen (secondary N) is 2. The van der Waals surface area contributed by atoms with Crippen LogP contribution in [0.25, 0.3) is 0 Å². The molecule has 0 saturated heterocycles. The summed E-state index contributed by atoms with van der Waals surface area (Å²) in [4.78, 5) is 11.7. The van der Waals surface area contributed by atoms with Crippen LogP contribution < -0.4 is 10.6 Å². The second kappa shape index (κ2) is 7.04. The van der Waals surface area contributed by atoms with Crippen LogP contribution in [0.2, 0.25) is 5.02 Å². The van der Waals surface area contributed by atoms with E-state index in [-0.39, 0.29) is 23.3 Å². The first-order valence-electron chi connectivity index (χ1n) is 6.24. The minimum absolute atomic E-state index is 0.00650. The Morgan fingerprint density at radius 3 is 2.38 bits per heavy atom. The molecule has 0 bridgehead atoms. The number of hydrogen-bond donors (Lipinski definition) is 2. The van der Waals surface area contributed by atoms with Crippen molar-refractivity contribution in [3.63, 3.8) is 0 Å². The number of anilines is 1. The number of rotatable bonds is 5. The molecule has 21 heavy (non-hydrogen) atoms. The predicted octanol–water partition coefficient (Wildman–Crippen LogP) is 3.35. The van der Waals surface area contributed by atoms with E-state index in [4.69, 9.17) is 11.6 Å². The summed E-state index contributed by atoms with van der Waals surface area (Å²) < 4.78 is 25.6. The van der Waals surface area contributed by atoms with E-state index in [0.717, 1.165) is 5.56 Å². The molecule has 0 aliphatic heterocycles. The lowest BCUT2D eigenvalue weighted by Crippen LogP contribution is -2.29. The smallest absolute Gasteiger partial charge is 0.239 e. The molecule has 1 amide bonds. The molecule has 0 aliphatic rings. The molecular formula is C15H13ClF2N2O. The van der Waals surface area contributed by atoms with Crippen LogP contribution in [0, 0.1) is 11.6 Å². The molecule has 0 heterocycles. The van der Waals surface area contributed by atoms with Crippen LogP contribution in [0.15, 0.2) is 42.5 Å². The van der Waals surface area contributed by atoms with Gasteiger partial charge in [0, 0.05) is 6.54 Å². The molecule has 6 heteroatoms. The van der Waals surface area contributed by atoms with E-state index in [0.29, 0.717) is 12.2 Å². The summed E-state index contributed by atoms with van der Waals surface area (Å²) in [5.74, 6) is -1.01. The summed E-state index contributed by atoms with van der Waals surface area (Å²) in [7, 11) is 0. The lowest BCUT2D eigenvalue weighted by molar-refractivity contribution is -0.119. The summed E-state index contributed by atoms with van der Waals surface area (Å²) >= 11 is 5.83. The zero-order valence-corrected chi connectivity index (χ0v) is 11.8.